The van der Waals surface area contributed by atoms with Crippen molar-refractivity contribution in [2.24, 2.45) is 22.7 Å². The highest BCUT2D eigenvalue weighted by atomic mass is 16.3. The second-order valence-electron chi connectivity index (χ2n) is 6.85. The molecule has 0 radical (unpaired) electrons. The van der Waals surface area contributed by atoms with E-state index in [9.17, 15) is 10.2 Å². The van der Waals surface area contributed by atoms with Gasteiger partial charge in [-0.2, -0.15) is 0 Å². The van der Waals surface area contributed by atoms with E-state index in [0.29, 0.717) is 5.92 Å². The fourth-order valence-electron chi connectivity index (χ4n) is 4.38. The van der Waals surface area contributed by atoms with Crippen LogP contribution >= 0.6 is 0 Å². The number of hydrogen-bond donors (Lipinski definition) is 2. The maximum Gasteiger partial charge on any atom is 0.0594 e. The topological polar surface area (TPSA) is 40.5 Å². The molecule has 0 aromatic carbocycles. The lowest BCUT2D eigenvalue weighted by Gasteiger charge is -2.58. The molecule has 17 heavy (non-hydrogen) atoms. The Labute approximate surface area is 105 Å². The molecular weight excluding hydrogens is 212 g/mol. The molecule has 0 saturated heterocycles. The predicted molar refractivity (Wildman–Crippen MR) is 69.6 cm³/mol. The van der Waals surface area contributed by atoms with Crippen LogP contribution in [0, 0.1) is 22.7 Å². The summed E-state index contributed by atoms with van der Waals surface area (Å²) in [5.41, 5.74) is 1.44. The molecule has 98 valence electrons. The average Bonchev–Trinajstić information content (AvgIpc) is 2.24. The monoisotopic (exact) mass is 238 g/mol. The molecule has 0 heterocycles. The van der Waals surface area contributed by atoms with Crippen molar-refractivity contribution in [2.45, 2.75) is 53.1 Å². The third kappa shape index (κ3) is 1.77. The largest absolute Gasteiger partial charge is 0.396 e. The van der Waals surface area contributed by atoms with Crippen molar-refractivity contribution >= 4 is 0 Å². The highest BCUT2D eigenvalue weighted by Crippen LogP contribution is 2.59. The number of fused-ring (bicyclic) bond motifs is 1. The third-order valence-electron chi connectivity index (χ3n) is 5.71. The second-order valence-corrected chi connectivity index (χ2v) is 6.85. The summed E-state index contributed by atoms with van der Waals surface area (Å²) in [6.45, 7) is 9.05. The van der Waals surface area contributed by atoms with E-state index < -0.39 is 0 Å². The zero-order chi connectivity index (χ0) is 12.8. The van der Waals surface area contributed by atoms with Crippen molar-refractivity contribution in [3.63, 3.8) is 0 Å². The first kappa shape index (κ1) is 13.1. The van der Waals surface area contributed by atoms with Crippen LogP contribution in [0.25, 0.3) is 0 Å². The Hall–Kier alpha value is -0.340. The van der Waals surface area contributed by atoms with E-state index in [4.69, 9.17) is 0 Å². The minimum atomic E-state index is -0.202. The molecule has 2 nitrogen and oxygen atoms in total. The molecule has 0 aromatic rings. The number of rotatable bonds is 1. The number of aliphatic hydroxyl groups is 2. The van der Waals surface area contributed by atoms with Crippen LogP contribution in [0.4, 0.5) is 0 Å². The predicted octanol–water partition coefficient (Wildman–Crippen LogP) is 2.75. The van der Waals surface area contributed by atoms with E-state index in [2.05, 4.69) is 33.8 Å². The van der Waals surface area contributed by atoms with Gasteiger partial charge >= 0.3 is 0 Å². The first-order chi connectivity index (χ1) is 7.84. The van der Waals surface area contributed by atoms with Gasteiger partial charge < -0.3 is 10.2 Å². The summed E-state index contributed by atoms with van der Waals surface area (Å²) in [5.74, 6) is 0.743. The molecule has 0 aliphatic heterocycles. The van der Waals surface area contributed by atoms with Gasteiger partial charge in [-0.05, 0) is 42.9 Å². The molecule has 2 aliphatic rings. The highest BCUT2D eigenvalue weighted by molar-refractivity contribution is 5.19. The van der Waals surface area contributed by atoms with Gasteiger partial charge in [0.1, 0.15) is 0 Å². The fraction of sp³-hybridized carbons (Fsp3) is 0.867. The summed E-state index contributed by atoms with van der Waals surface area (Å²) in [4.78, 5) is 0. The summed E-state index contributed by atoms with van der Waals surface area (Å²) >= 11 is 0. The van der Waals surface area contributed by atoms with Crippen LogP contribution in [0.5, 0.6) is 0 Å². The van der Waals surface area contributed by atoms with Crippen LogP contribution in [0.2, 0.25) is 0 Å². The molecule has 0 unspecified atom stereocenters. The quantitative estimate of drug-likeness (QED) is 0.690. The van der Waals surface area contributed by atoms with Gasteiger partial charge in [0, 0.05) is 5.92 Å². The molecule has 0 aromatic heterocycles. The fourth-order valence-corrected chi connectivity index (χ4v) is 4.38. The molecule has 2 rings (SSSR count). The zero-order valence-corrected chi connectivity index (χ0v) is 11.5. The lowest BCUT2D eigenvalue weighted by atomic mass is 9.48. The minimum Gasteiger partial charge on any atom is -0.396 e. The van der Waals surface area contributed by atoms with Crippen LogP contribution in [0.1, 0.15) is 47.0 Å². The maximum atomic E-state index is 10.2. The van der Waals surface area contributed by atoms with Crippen LogP contribution in [0.15, 0.2) is 11.6 Å². The number of aliphatic hydroxyl groups excluding tert-OH is 2. The van der Waals surface area contributed by atoms with Gasteiger partial charge in [-0.1, -0.05) is 32.4 Å². The summed E-state index contributed by atoms with van der Waals surface area (Å²) in [6, 6.07) is 0. The highest BCUT2D eigenvalue weighted by Gasteiger charge is 2.54. The van der Waals surface area contributed by atoms with Gasteiger partial charge in [0.15, 0.2) is 0 Å². The summed E-state index contributed by atoms with van der Waals surface area (Å²) < 4.78 is 0. The van der Waals surface area contributed by atoms with Crippen molar-refractivity contribution in [1.29, 1.82) is 0 Å². The van der Waals surface area contributed by atoms with E-state index >= 15 is 0 Å². The Morgan fingerprint density at radius 3 is 2.59 bits per heavy atom. The zero-order valence-electron chi connectivity index (χ0n) is 11.5. The van der Waals surface area contributed by atoms with Gasteiger partial charge in [0.25, 0.3) is 0 Å². The molecule has 2 aliphatic carbocycles. The maximum absolute atomic E-state index is 10.2. The Morgan fingerprint density at radius 1 is 1.35 bits per heavy atom. The molecule has 4 atom stereocenters. The van der Waals surface area contributed by atoms with Crippen molar-refractivity contribution < 1.29 is 10.2 Å². The summed E-state index contributed by atoms with van der Waals surface area (Å²) in [5, 5.41) is 19.9. The second kappa shape index (κ2) is 4.10. The van der Waals surface area contributed by atoms with E-state index in [1.54, 1.807) is 0 Å². The molecular formula is C15H26O2. The van der Waals surface area contributed by atoms with Crippen LogP contribution in [-0.4, -0.2) is 22.9 Å². The van der Waals surface area contributed by atoms with Gasteiger partial charge in [0.2, 0.25) is 0 Å². The molecule has 1 fully saturated rings. The van der Waals surface area contributed by atoms with Crippen LogP contribution in [-0.2, 0) is 0 Å². The standard InChI is InChI=1S/C15H26O2/c1-10-5-6-12-14(2,3)13(17)7-8-15(12,4)11(10)9-16/h5,11-13,16-17H,6-9H2,1-4H3/t11-,12-,13-,15+/m0/s1. The lowest BCUT2D eigenvalue weighted by molar-refractivity contribution is -0.120. The smallest absolute Gasteiger partial charge is 0.0594 e. The molecule has 2 heteroatoms. The van der Waals surface area contributed by atoms with E-state index in [1.807, 2.05) is 0 Å². The SMILES string of the molecule is CC1=CC[C@H]2C(C)(C)[C@@H](O)CC[C@]2(C)[C@H]1CO. The first-order valence-corrected chi connectivity index (χ1v) is 6.79. The van der Waals surface area contributed by atoms with Gasteiger partial charge in [-0.15, -0.1) is 0 Å². The van der Waals surface area contributed by atoms with Gasteiger partial charge in [-0.3, -0.25) is 0 Å². The first-order valence-electron chi connectivity index (χ1n) is 6.79. The molecule has 0 spiro atoms. The number of hydrogen-bond acceptors (Lipinski definition) is 2. The Kier molecular flexibility index (Phi) is 3.16. The third-order valence-corrected chi connectivity index (χ3v) is 5.71. The van der Waals surface area contributed by atoms with Crippen molar-refractivity contribution in [3.8, 4) is 0 Å². The molecule has 0 amide bonds. The normalized spacial score (nSPS) is 45.1. The lowest BCUT2D eigenvalue weighted by Crippen LogP contribution is -2.54. The van der Waals surface area contributed by atoms with E-state index in [1.165, 1.54) is 5.57 Å². The Morgan fingerprint density at radius 2 is 2.00 bits per heavy atom. The van der Waals surface area contributed by atoms with E-state index in [0.717, 1.165) is 19.3 Å². The van der Waals surface area contributed by atoms with Gasteiger partial charge in [0.05, 0.1) is 12.7 Å². The van der Waals surface area contributed by atoms with Gasteiger partial charge in [-0.25, -0.2) is 0 Å². The molecule has 1 saturated carbocycles. The van der Waals surface area contributed by atoms with Crippen LogP contribution < -0.4 is 0 Å². The summed E-state index contributed by atoms with van der Waals surface area (Å²) in [6.07, 6.45) is 5.00. The Balaban J connectivity index is 2.41. The van der Waals surface area contributed by atoms with Crippen molar-refractivity contribution in [1.82, 2.24) is 0 Å². The van der Waals surface area contributed by atoms with Crippen molar-refractivity contribution in [3.05, 3.63) is 11.6 Å². The average molecular weight is 238 g/mol. The minimum absolute atomic E-state index is 0.0440. The Bertz CT molecular complexity index is 332. The molecule has 2 N–H and O–H groups in total. The summed E-state index contributed by atoms with van der Waals surface area (Å²) in [7, 11) is 0. The van der Waals surface area contributed by atoms with Crippen molar-refractivity contribution in [2.75, 3.05) is 6.61 Å². The molecule has 0 bridgehead atoms. The van der Waals surface area contributed by atoms with E-state index in [-0.39, 0.29) is 29.5 Å². The number of allylic oxidation sites excluding steroid dienone is 1. The van der Waals surface area contributed by atoms with Crippen LogP contribution in [0.3, 0.4) is 0 Å².